The van der Waals surface area contributed by atoms with Gasteiger partial charge in [-0.25, -0.2) is 0 Å². The van der Waals surface area contributed by atoms with Crippen molar-refractivity contribution in [2.75, 3.05) is 7.05 Å². The lowest BCUT2D eigenvalue weighted by atomic mass is 9.91. The van der Waals surface area contributed by atoms with Gasteiger partial charge in [-0.1, -0.05) is 28.8 Å². The first-order valence-electron chi connectivity index (χ1n) is 6.80. The largest absolute Gasteiger partial charge is 0.391 e. The lowest BCUT2D eigenvalue weighted by Crippen LogP contribution is -2.42. The molecular weight excluding hydrogens is 324 g/mol. The number of benzene rings is 1. The van der Waals surface area contributed by atoms with Crippen LogP contribution in [0.25, 0.3) is 0 Å². The third kappa shape index (κ3) is 3.56. The van der Waals surface area contributed by atoms with E-state index in [0.717, 1.165) is 35.7 Å². The molecule has 0 saturated heterocycles. The molecule has 1 aromatic carbocycles. The molecule has 0 aromatic heterocycles. The Morgan fingerprint density at radius 3 is 2.75 bits per heavy atom. The molecule has 0 amide bonds. The molecule has 1 aromatic rings. The summed E-state index contributed by atoms with van der Waals surface area (Å²) in [5, 5.41) is 20.8. The molecule has 6 heteroatoms. The van der Waals surface area contributed by atoms with Crippen LogP contribution in [0.5, 0.6) is 0 Å². The summed E-state index contributed by atoms with van der Waals surface area (Å²) in [6.07, 6.45) is 3.82. The first kappa shape index (κ1) is 15.4. The molecule has 1 fully saturated rings. The highest BCUT2D eigenvalue weighted by Crippen LogP contribution is 2.27. The van der Waals surface area contributed by atoms with E-state index in [-0.39, 0.29) is 17.8 Å². The number of nitrogens with zero attached hydrogens (tertiary/aromatic N) is 2. The zero-order chi connectivity index (χ0) is 14.7. The number of aliphatic hydroxyl groups excluding tert-OH is 1. The minimum Gasteiger partial charge on any atom is -0.391 e. The van der Waals surface area contributed by atoms with Crippen molar-refractivity contribution >= 4 is 21.6 Å². The molecule has 0 heterocycles. The van der Waals surface area contributed by atoms with Crippen LogP contribution in [-0.4, -0.2) is 34.1 Å². The SMILES string of the molecule is CN(Cc1ccc([N+](=O)[O-])cc1Br)C1CCCCC1O. The Kier molecular flexibility index (Phi) is 5.12. The maximum absolute atomic E-state index is 10.7. The molecule has 0 aliphatic heterocycles. The van der Waals surface area contributed by atoms with E-state index < -0.39 is 4.92 Å². The maximum atomic E-state index is 10.7. The average molecular weight is 343 g/mol. The molecular formula is C14H19BrN2O3. The number of non-ortho nitro benzene ring substituents is 1. The average Bonchev–Trinajstić information content (AvgIpc) is 2.41. The summed E-state index contributed by atoms with van der Waals surface area (Å²) < 4.78 is 0.740. The van der Waals surface area contributed by atoms with Crippen LogP contribution in [-0.2, 0) is 6.54 Å². The minimum absolute atomic E-state index is 0.0842. The topological polar surface area (TPSA) is 66.6 Å². The summed E-state index contributed by atoms with van der Waals surface area (Å²) in [5.74, 6) is 0. The summed E-state index contributed by atoms with van der Waals surface area (Å²) in [6.45, 7) is 0.667. The lowest BCUT2D eigenvalue weighted by Gasteiger charge is -2.35. The second-order valence-electron chi connectivity index (χ2n) is 5.37. The van der Waals surface area contributed by atoms with Crippen LogP contribution in [0.4, 0.5) is 5.69 Å². The van der Waals surface area contributed by atoms with E-state index in [1.807, 2.05) is 7.05 Å². The number of aliphatic hydroxyl groups is 1. The van der Waals surface area contributed by atoms with E-state index >= 15 is 0 Å². The van der Waals surface area contributed by atoms with Gasteiger partial charge in [0.05, 0.1) is 11.0 Å². The van der Waals surface area contributed by atoms with Crippen molar-refractivity contribution in [3.05, 3.63) is 38.3 Å². The number of likely N-dealkylation sites (N-methyl/N-ethyl adjacent to an activating group) is 1. The van der Waals surface area contributed by atoms with Crippen LogP contribution in [0.3, 0.4) is 0 Å². The van der Waals surface area contributed by atoms with Crippen molar-refractivity contribution < 1.29 is 10.0 Å². The zero-order valence-electron chi connectivity index (χ0n) is 11.5. The molecule has 5 nitrogen and oxygen atoms in total. The zero-order valence-corrected chi connectivity index (χ0v) is 13.0. The fraction of sp³-hybridized carbons (Fsp3) is 0.571. The molecule has 20 heavy (non-hydrogen) atoms. The van der Waals surface area contributed by atoms with Crippen LogP contribution in [0, 0.1) is 10.1 Å². The van der Waals surface area contributed by atoms with Gasteiger partial charge >= 0.3 is 0 Å². The summed E-state index contributed by atoms with van der Waals surface area (Å²) in [6, 6.07) is 4.99. The number of nitro groups is 1. The summed E-state index contributed by atoms with van der Waals surface area (Å²) >= 11 is 3.39. The maximum Gasteiger partial charge on any atom is 0.270 e. The van der Waals surface area contributed by atoms with Crippen molar-refractivity contribution in [1.29, 1.82) is 0 Å². The number of rotatable bonds is 4. The molecule has 2 rings (SSSR count). The monoisotopic (exact) mass is 342 g/mol. The van der Waals surface area contributed by atoms with Crippen LogP contribution in [0.2, 0.25) is 0 Å². The number of nitro benzene ring substituents is 1. The van der Waals surface area contributed by atoms with E-state index in [9.17, 15) is 15.2 Å². The predicted octanol–water partition coefficient (Wildman–Crippen LogP) is 3.09. The van der Waals surface area contributed by atoms with Gasteiger partial charge in [0.2, 0.25) is 0 Å². The summed E-state index contributed by atoms with van der Waals surface area (Å²) in [7, 11) is 1.99. The molecule has 1 N–H and O–H groups in total. The van der Waals surface area contributed by atoms with Gasteiger partial charge in [0, 0.05) is 29.2 Å². The van der Waals surface area contributed by atoms with Gasteiger partial charge in [-0.3, -0.25) is 15.0 Å². The fourth-order valence-corrected chi connectivity index (χ4v) is 3.26. The van der Waals surface area contributed by atoms with Gasteiger partial charge in [-0.2, -0.15) is 0 Å². The summed E-state index contributed by atoms with van der Waals surface area (Å²) in [5.41, 5.74) is 1.08. The molecule has 1 aliphatic rings. The number of hydrogen-bond donors (Lipinski definition) is 1. The Morgan fingerprint density at radius 1 is 1.45 bits per heavy atom. The normalized spacial score (nSPS) is 23.0. The van der Waals surface area contributed by atoms with Crippen molar-refractivity contribution in [2.24, 2.45) is 0 Å². The van der Waals surface area contributed by atoms with Gasteiger partial charge in [-0.05, 0) is 31.5 Å². The molecule has 0 bridgehead atoms. The standard InChI is InChI=1S/C14H19BrN2O3/c1-16(13-4-2-3-5-14(13)18)9-10-6-7-11(17(19)20)8-12(10)15/h6-8,13-14,18H,2-5,9H2,1H3. The van der Waals surface area contributed by atoms with Crippen LogP contribution in [0.1, 0.15) is 31.2 Å². The van der Waals surface area contributed by atoms with E-state index in [4.69, 9.17) is 0 Å². The fourth-order valence-electron chi connectivity index (χ4n) is 2.77. The summed E-state index contributed by atoms with van der Waals surface area (Å²) in [4.78, 5) is 12.5. The van der Waals surface area contributed by atoms with Crippen molar-refractivity contribution in [3.63, 3.8) is 0 Å². The highest BCUT2D eigenvalue weighted by molar-refractivity contribution is 9.10. The van der Waals surface area contributed by atoms with E-state index in [1.165, 1.54) is 12.1 Å². The highest BCUT2D eigenvalue weighted by atomic mass is 79.9. The first-order valence-corrected chi connectivity index (χ1v) is 7.59. The van der Waals surface area contributed by atoms with Gasteiger partial charge in [0.1, 0.15) is 0 Å². The number of halogens is 1. The number of hydrogen-bond acceptors (Lipinski definition) is 4. The third-order valence-electron chi connectivity index (χ3n) is 3.93. The molecule has 0 radical (unpaired) electrons. The van der Waals surface area contributed by atoms with Gasteiger partial charge in [-0.15, -0.1) is 0 Å². The van der Waals surface area contributed by atoms with Gasteiger partial charge < -0.3 is 5.11 Å². The molecule has 2 atom stereocenters. The van der Waals surface area contributed by atoms with Crippen LogP contribution in [0.15, 0.2) is 22.7 Å². The quantitative estimate of drug-likeness (QED) is 0.674. The third-order valence-corrected chi connectivity index (χ3v) is 4.67. The Labute approximate surface area is 126 Å². The van der Waals surface area contributed by atoms with E-state index in [0.29, 0.717) is 6.54 Å². The van der Waals surface area contributed by atoms with Gasteiger partial charge in [0.15, 0.2) is 0 Å². The second-order valence-corrected chi connectivity index (χ2v) is 6.22. The predicted molar refractivity (Wildman–Crippen MR) is 80.5 cm³/mol. The minimum atomic E-state index is -0.400. The first-order chi connectivity index (χ1) is 9.49. The van der Waals surface area contributed by atoms with Gasteiger partial charge in [0.25, 0.3) is 5.69 Å². The Hall–Kier alpha value is -0.980. The van der Waals surface area contributed by atoms with Crippen molar-refractivity contribution in [1.82, 2.24) is 4.90 Å². The Bertz CT molecular complexity index is 495. The van der Waals surface area contributed by atoms with E-state index in [2.05, 4.69) is 20.8 Å². The second kappa shape index (κ2) is 6.65. The molecule has 2 unspecified atom stereocenters. The van der Waals surface area contributed by atoms with Crippen LogP contribution < -0.4 is 0 Å². The lowest BCUT2D eigenvalue weighted by molar-refractivity contribution is -0.384. The smallest absolute Gasteiger partial charge is 0.270 e. The van der Waals surface area contributed by atoms with E-state index in [1.54, 1.807) is 6.07 Å². The molecule has 1 aliphatic carbocycles. The molecule has 110 valence electrons. The Morgan fingerprint density at radius 2 is 2.15 bits per heavy atom. The molecule has 0 spiro atoms. The highest BCUT2D eigenvalue weighted by Gasteiger charge is 2.26. The van der Waals surface area contributed by atoms with Crippen molar-refractivity contribution in [3.8, 4) is 0 Å². The Balaban J connectivity index is 2.07. The van der Waals surface area contributed by atoms with Crippen LogP contribution >= 0.6 is 15.9 Å². The molecule has 1 saturated carbocycles. The van der Waals surface area contributed by atoms with Crippen molar-refractivity contribution in [2.45, 2.75) is 44.4 Å².